The van der Waals surface area contributed by atoms with Crippen molar-refractivity contribution in [2.24, 2.45) is 0 Å². The van der Waals surface area contributed by atoms with Gasteiger partial charge in [-0.25, -0.2) is 0 Å². The molecule has 6 nitrogen and oxygen atoms in total. The van der Waals surface area contributed by atoms with Crippen molar-refractivity contribution >= 4 is 39.2 Å². The van der Waals surface area contributed by atoms with Gasteiger partial charge >= 0.3 is 0 Å². The summed E-state index contributed by atoms with van der Waals surface area (Å²) in [7, 11) is 0. The van der Waals surface area contributed by atoms with Gasteiger partial charge in [0.1, 0.15) is 0 Å². The van der Waals surface area contributed by atoms with Crippen LogP contribution in [0, 0.1) is 0 Å². The first-order chi connectivity index (χ1) is 12.3. The van der Waals surface area contributed by atoms with Crippen LogP contribution in [0.3, 0.4) is 0 Å². The normalized spacial score (nSPS) is 16.8. The van der Waals surface area contributed by atoms with Crippen LogP contribution in [0.15, 0.2) is 27.9 Å². The van der Waals surface area contributed by atoms with Gasteiger partial charge in [-0.15, -0.1) is 0 Å². The number of hydrogen-bond donors (Lipinski definition) is 3. The lowest BCUT2D eigenvalue weighted by Gasteiger charge is -2.33. The van der Waals surface area contributed by atoms with E-state index >= 15 is 0 Å². The number of nitrogens with zero attached hydrogens (tertiary/aromatic N) is 1. The zero-order valence-corrected chi connectivity index (χ0v) is 17.8. The summed E-state index contributed by atoms with van der Waals surface area (Å²) in [5.41, 5.74) is 2.09. The molecule has 1 atom stereocenters. The van der Waals surface area contributed by atoms with E-state index in [1.54, 1.807) is 17.0 Å². The van der Waals surface area contributed by atoms with E-state index in [1.807, 2.05) is 27.7 Å². The minimum Gasteiger partial charge on any atom is -0.503 e. The molecule has 8 heteroatoms. The third-order valence-corrected chi connectivity index (χ3v) is 5.06. The second kappa shape index (κ2) is 8.73. The largest absolute Gasteiger partial charge is 0.503 e. The lowest BCUT2D eigenvalue weighted by atomic mass is 9.94. The lowest BCUT2D eigenvalue weighted by molar-refractivity contribution is -0.127. The van der Waals surface area contributed by atoms with Crippen LogP contribution in [0.4, 0.5) is 0 Å². The maximum Gasteiger partial charge on any atom is 0.253 e. The lowest BCUT2D eigenvalue weighted by Crippen LogP contribution is -2.47. The third kappa shape index (κ3) is 4.12. The molecule has 0 aliphatic carbocycles. The number of nitrogens with one attached hydrogen (secondary N) is 2. The fourth-order valence-corrected chi connectivity index (χ4v) is 3.67. The zero-order chi connectivity index (χ0) is 19.4. The number of aromatic hydroxyl groups is 1. The Balaban J connectivity index is 2.56. The summed E-state index contributed by atoms with van der Waals surface area (Å²) in [6, 6.07) is 3.07. The third-order valence-electron chi connectivity index (χ3n) is 4.23. The van der Waals surface area contributed by atoms with Gasteiger partial charge in [-0.2, -0.15) is 0 Å². The topological polar surface area (TPSA) is 73.8 Å². The number of likely N-dealkylation sites (N-methyl/N-ethyl adjacent to an activating group) is 1. The smallest absolute Gasteiger partial charge is 0.253 e. The number of hydrogen-bond acceptors (Lipinski definition) is 4. The van der Waals surface area contributed by atoms with Crippen molar-refractivity contribution in [3.05, 3.63) is 33.4 Å². The SMILES string of the molecule is CCOc1cc([C@@H]2NC(=S)NC(C)=C2C(=O)N(CC)CC)cc(Br)c1O. The van der Waals surface area contributed by atoms with Crippen LogP contribution in [0.5, 0.6) is 11.5 Å². The predicted molar refractivity (Wildman–Crippen MR) is 109 cm³/mol. The van der Waals surface area contributed by atoms with E-state index in [0.29, 0.717) is 40.6 Å². The molecule has 2 rings (SSSR count). The van der Waals surface area contributed by atoms with Gasteiger partial charge in [0.15, 0.2) is 16.6 Å². The molecule has 0 unspecified atom stereocenters. The monoisotopic (exact) mass is 441 g/mol. The molecular weight excluding hydrogens is 418 g/mol. The van der Waals surface area contributed by atoms with Crippen LogP contribution in [0.1, 0.15) is 39.3 Å². The van der Waals surface area contributed by atoms with Crippen molar-refractivity contribution in [3.8, 4) is 11.5 Å². The van der Waals surface area contributed by atoms with Gasteiger partial charge in [-0.1, -0.05) is 0 Å². The molecule has 1 aromatic rings. The molecule has 0 radical (unpaired) electrons. The zero-order valence-electron chi connectivity index (χ0n) is 15.4. The van der Waals surface area contributed by atoms with E-state index < -0.39 is 6.04 Å². The average Bonchev–Trinajstić information content (AvgIpc) is 2.59. The number of carbonyl (C=O) groups excluding carboxylic acids is 1. The van der Waals surface area contributed by atoms with Crippen molar-refractivity contribution < 1.29 is 14.6 Å². The molecular formula is C18H24BrN3O3S. The Morgan fingerprint density at radius 2 is 2.00 bits per heavy atom. The number of carbonyl (C=O) groups is 1. The summed E-state index contributed by atoms with van der Waals surface area (Å²) in [4.78, 5) is 14.8. The van der Waals surface area contributed by atoms with Gasteiger partial charge in [0.2, 0.25) is 0 Å². The average molecular weight is 442 g/mol. The summed E-state index contributed by atoms with van der Waals surface area (Å²) >= 11 is 8.65. The minimum absolute atomic E-state index is 0.0319. The number of allylic oxidation sites excluding steroid dienone is 1. The first-order valence-corrected chi connectivity index (χ1v) is 9.76. The van der Waals surface area contributed by atoms with Gasteiger partial charge in [0, 0.05) is 18.8 Å². The molecule has 0 fully saturated rings. The predicted octanol–water partition coefficient (Wildman–Crippen LogP) is 3.21. The summed E-state index contributed by atoms with van der Waals surface area (Å²) in [5.74, 6) is 0.335. The molecule has 0 spiro atoms. The van der Waals surface area contributed by atoms with Crippen molar-refractivity contribution in [3.63, 3.8) is 0 Å². The van der Waals surface area contributed by atoms with E-state index in [9.17, 15) is 9.90 Å². The van der Waals surface area contributed by atoms with Crippen LogP contribution in [-0.4, -0.2) is 40.7 Å². The molecule has 1 heterocycles. The summed E-state index contributed by atoms with van der Waals surface area (Å²) in [6.45, 7) is 9.24. The molecule has 1 aromatic carbocycles. The molecule has 142 valence electrons. The highest BCUT2D eigenvalue weighted by Crippen LogP contribution is 2.39. The van der Waals surface area contributed by atoms with Crippen LogP contribution in [-0.2, 0) is 4.79 Å². The highest BCUT2D eigenvalue weighted by molar-refractivity contribution is 9.10. The second-order valence-electron chi connectivity index (χ2n) is 5.83. The number of benzene rings is 1. The van der Waals surface area contributed by atoms with Crippen molar-refractivity contribution in [2.75, 3.05) is 19.7 Å². The highest BCUT2D eigenvalue weighted by atomic mass is 79.9. The molecule has 0 saturated carbocycles. The van der Waals surface area contributed by atoms with Crippen molar-refractivity contribution in [1.29, 1.82) is 0 Å². The Morgan fingerprint density at radius 1 is 1.35 bits per heavy atom. The maximum absolute atomic E-state index is 13.1. The van der Waals surface area contributed by atoms with Crippen molar-refractivity contribution in [1.82, 2.24) is 15.5 Å². The number of ether oxygens (including phenoxy) is 1. The second-order valence-corrected chi connectivity index (χ2v) is 7.09. The van der Waals surface area contributed by atoms with Gasteiger partial charge in [-0.05, 0) is 73.5 Å². The standard InChI is InChI=1S/C18H24BrN3O3S/c1-5-22(6-2)17(24)14-10(4)20-18(26)21-15(14)11-8-12(19)16(23)13(9-11)25-7-3/h8-9,15,23H,5-7H2,1-4H3,(H2,20,21,26)/t15-/m0/s1. The van der Waals surface area contributed by atoms with Crippen LogP contribution in [0.25, 0.3) is 0 Å². The molecule has 26 heavy (non-hydrogen) atoms. The minimum atomic E-state index is -0.437. The summed E-state index contributed by atoms with van der Waals surface area (Å²) in [5, 5.41) is 16.8. The molecule has 1 amide bonds. The molecule has 0 saturated heterocycles. The molecule has 3 N–H and O–H groups in total. The Kier molecular flexibility index (Phi) is 6.88. The summed E-state index contributed by atoms with van der Waals surface area (Å²) < 4.78 is 6.02. The van der Waals surface area contributed by atoms with Gasteiger partial charge in [-0.3, -0.25) is 4.79 Å². The van der Waals surface area contributed by atoms with Crippen molar-refractivity contribution in [2.45, 2.75) is 33.7 Å². The Hall–Kier alpha value is -1.80. The maximum atomic E-state index is 13.1. The first kappa shape index (κ1) is 20.5. The molecule has 1 aliphatic heterocycles. The van der Waals surface area contributed by atoms with Gasteiger partial charge in [0.25, 0.3) is 5.91 Å². The van der Waals surface area contributed by atoms with E-state index in [2.05, 4.69) is 26.6 Å². The number of rotatable bonds is 6. The van der Waals surface area contributed by atoms with Crippen LogP contribution in [0.2, 0.25) is 0 Å². The molecule has 0 bridgehead atoms. The Labute approximate surface area is 167 Å². The quantitative estimate of drug-likeness (QED) is 0.588. The van der Waals surface area contributed by atoms with E-state index in [1.165, 1.54) is 0 Å². The molecule has 0 aromatic heterocycles. The highest BCUT2D eigenvalue weighted by Gasteiger charge is 2.32. The van der Waals surface area contributed by atoms with Crippen LogP contribution >= 0.6 is 28.1 Å². The van der Waals surface area contributed by atoms with Gasteiger partial charge in [0.05, 0.1) is 22.7 Å². The molecule has 1 aliphatic rings. The number of halogens is 1. The Morgan fingerprint density at radius 3 is 2.58 bits per heavy atom. The fraction of sp³-hybridized carbons (Fsp3) is 0.444. The van der Waals surface area contributed by atoms with E-state index in [4.69, 9.17) is 17.0 Å². The number of amides is 1. The number of phenols is 1. The number of thiocarbonyl (C=S) groups is 1. The van der Waals surface area contributed by atoms with E-state index in [0.717, 1.165) is 11.3 Å². The number of phenolic OH excluding ortho intramolecular Hbond substituents is 1. The van der Waals surface area contributed by atoms with Crippen LogP contribution < -0.4 is 15.4 Å². The fourth-order valence-electron chi connectivity index (χ4n) is 2.93. The first-order valence-electron chi connectivity index (χ1n) is 8.56. The van der Waals surface area contributed by atoms with Gasteiger partial charge < -0.3 is 25.4 Å². The van der Waals surface area contributed by atoms with E-state index in [-0.39, 0.29) is 11.7 Å². The Bertz CT molecular complexity index is 747. The summed E-state index contributed by atoms with van der Waals surface area (Å²) in [6.07, 6.45) is 0.